The van der Waals surface area contributed by atoms with Crippen molar-refractivity contribution in [1.82, 2.24) is 25.2 Å². The molecular weight excluding hydrogens is 704 g/mol. The Morgan fingerprint density at radius 1 is 1.13 bits per heavy atom. The third-order valence-corrected chi connectivity index (χ3v) is 11.1. The van der Waals surface area contributed by atoms with Crippen molar-refractivity contribution in [2.24, 2.45) is 4.99 Å². The van der Waals surface area contributed by atoms with Gasteiger partial charge in [-0.25, -0.2) is 18.1 Å². The Bertz CT molecular complexity index is 1480. The van der Waals surface area contributed by atoms with Crippen molar-refractivity contribution in [3.05, 3.63) is 56.7 Å². The van der Waals surface area contributed by atoms with Gasteiger partial charge in [0.25, 0.3) is 6.02 Å². The molecule has 0 bridgehead atoms. The molecule has 47 heavy (non-hydrogen) atoms. The number of carbonyl (C=O) groups is 2. The Morgan fingerprint density at radius 3 is 2.66 bits per heavy atom. The number of nitrogens with zero attached hydrogens (tertiary/aromatic N) is 3. The van der Waals surface area contributed by atoms with Crippen LogP contribution in [0.3, 0.4) is 0 Å². The summed E-state index contributed by atoms with van der Waals surface area (Å²) in [6.45, 7) is 3.87. The maximum Gasteiger partial charge on any atom is 0.288 e. The summed E-state index contributed by atoms with van der Waals surface area (Å²) in [5, 5.41) is 8.70. The van der Waals surface area contributed by atoms with Gasteiger partial charge in [-0.15, -0.1) is 11.3 Å². The predicted molar refractivity (Wildman–Crippen MR) is 189 cm³/mol. The number of amides is 2. The molecule has 258 valence electrons. The molecule has 14 heteroatoms. The molecule has 2 amide bonds. The minimum absolute atomic E-state index is 0.0859. The molecule has 2 fully saturated rings. The average Bonchev–Trinajstić information content (AvgIpc) is 3.72. The molecule has 4 atom stereocenters. The van der Waals surface area contributed by atoms with E-state index < -0.39 is 22.1 Å². The normalized spacial score (nSPS) is 22.9. The molecule has 1 saturated carbocycles. The number of rotatable bonds is 13. The molecule has 2 aromatic rings. The molecule has 11 nitrogen and oxygen atoms in total. The highest BCUT2D eigenvalue weighted by atomic mass is 79.9. The van der Waals surface area contributed by atoms with Crippen molar-refractivity contribution in [3.63, 3.8) is 0 Å². The van der Waals surface area contributed by atoms with Crippen LogP contribution in [0.2, 0.25) is 0 Å². The molecule has 0 radical (unpaired) electrons. The molecular formula is C33H47BrN6O5S2. The number of sulfonamides is 1. The van der Waals surface area contributed by atoms with E-state index in [1.54, 1.807) is 16.2 Å². The number of benzene rings is 1. The molecule has 1 aliphatic carbocycles. The second-order valence-electron chi connectivity index (χ2n) is 12.8. The third-order valence-electron chi connectivity index (χ3n) is 9.04. The zero-order valence-electron chi connectivity index (χ0n) is 27.2. The van der Waals surface area contributed by atoms with Crippen LogP contribution in [0.15, 0.2) is 51.2 Å². The van der Waals surface area contributed by atoms with Crippen LogP contribution in [0, 0.1) is 0 Å². The van der Waals surface area contributed by atoms with E-state index in [2.05, 4.69) is 31.3 Å². The molecule has 0 spiro atoms. The fraction of sp³-hybridized carbons (Fsp3) is 0.606. The number of carbonyl (C=O) groups excluding carboxylic acids is 2. The Labute approximate surface area is 291 Å². The van der Waals surface area contributed by atoms with Crippen molar-refractivity contribution in [2.45, 2.75) is 95.1 Å². The predicted octanol–water partition coefficient (Wildman–Crippen LogP) is 4.17. The largest absolute Gasteiger partial charge is 0.455 e. The number of aliphatic imine (C=N–C) groups is 1. The number of unbranched alkanes of at least 4 members (excludes halogenated alkanes) is 1. The van der Waals surface area contributed by atoms with E-state index in [0.717, 1.165) is 46.9 Å². The van der Waals surface area contributed by atoms with Crippen LogP contribution in [0.1, 0.15) is 74.8 Å². The van der Waals surface area contributed by atoms with Crippen LogP contribution < -0.4 is 15.4 Å². The second kappa shape index (κ2) is 16.7. The first-order valence-electron chi connectivity index (χ1n) is 16.6. The Kier molecular flexibility index (Phi) is 12.7. The fourth-order valence-electron chi connectivity index (χ4n) is 6.58. The van der Waals surface area contributed by atoms with Crippen molar-refractivity contribution >= 4 is 55.1 Å². The average molecular weight is 752 g/mol. The SMILES string of the molecule is C[C@@H]1N=C(N2CCN(C(=O)C(CCCCNS(C)(=O)=O)NC3CCCCC3)[C@H](C(=O)NCc3cccs3)C2)O[C@H]1c1cccc(Br)c1. The van der Waals surface area contributed by atoms with Crippen molar-refractivity contribution < 1.29 is 22.7 Å². The van der Waals surface area contributed by atoms with Crippen LogP contribution >= 0.6 is 27.3 Å². The van der Waals surface area contributed by atoms with E-state index in [1.165, 1.54) is 6.42 Å². The van der Waals surface area contributed by atoms with E-state index in [9.17, 15) is 18.0 Å². The summed E-state index contributed by atoms with van der Waals surface area (Å²) in [5.41, 5.74) is 1.02. The first kappa shape index (κ1) is 35.8. The van der Waals surface area contributed by atoms with Crippen LogP contribution in [-0.4, -0.2) is 92.7 Å². The first-order chi connectivity index (χ1) is 22.6. The number of ether oxygens (including phenoxy) is 1. The highest BCUT2D eigenvalue weighted by Gasteiger charge is 2.41. The summed E-state index contributed by atoms with van der Waals surface area (Å²) in [4.78, 5) is 37.9. The lowest BCUT2D eigenvalue weighted by molar-refractivity contribution is -0.145. The van der Waals surface area contributed by atoms with Gasteiger partial charge >= 0.3 is 0 Å². The van der Waals surface area contributed by atoms with Gasteiger partial charge in [-0.3, -0.25) is 9.59 Å². The maximum absolute atomic E-state index is 14.4. The lowest BCUT2D eigenvalue weighted by atomic mass is 9.94. The highest BCUT2D eigenvalue weighted by Crippen LogP contribution is 2.32. The summed E-state index contributed by atoms with van der Waals surface area (Å²) >= 11 is 5.13. The summed E-state index contributed by atoms with van der Waals surface area (Å²) < 4.78 is 33.0. The minimum atomic E-state index is -3.27. The smallest absolute Gasteiger partial charge is 0.288 e. The van der Waals surface area contributed by atoms with E-state index in [0.29, 0.717) is 51.5 Å². The molecule has 1 aromatic carbocycles. The number of amidine groups is 1. The van der Waals surface area contributed by atoms with Crippen molar-refractivity contribution in [1.29, 1.82) is 0 Å². The van der Waals surface area contributed by atoms with E-state index in [4.69, 9.17) is 9.73 Å². The summed E-state index contributed by atoms with van der Waals surface area (Å²) in [6, 6.07) is 11.4. The van der Waals surface area contributed by atoms with Crippen molar-refractivity contribution in [2.75, 3.05) is 32.4 Å². The molecule has 2 aliphatic heterocycles. The number of halogens is 1. The van der Waals surface area contributed by atoms with E-state index in [1.807, 2.05) is 53.6 Å². The van der Waals surface area contributed by atoms with Crippen molar-refractivity contribution in [3.8, 4) is 0 Å². The van der Waals surface area contributed by atoms with Gasteiger partial charge in [0.2, 0.25) is 21.8 Å². The second-order valence-corrected chi connectivity index (χ2v) is 16.5. The summed E-state index contributed by atoms with van der Waals surface area (Å²) in [7, 11) is -3.27. The lowest BCUT2D eigenvalue weighted by Crippen LogP contribution is -2.64. The number of hydrogen-bond acceptors (Lipinski definition) is 9. The standard InChI is InChI=1S/C33H47BrN6O5S2/c1-23-30(24-10-8-11-25(34)20-24)45-33(37-23)39-17-18-40(29(22-39)31(41)35-21-27-14-9-19-46-27)32(42)28(38-26-12-4-3-5-13-26)15-6-7-16-36-47(2,43)44/h8-11,14,19-20,23,26,28-30,36,38H,3-7,12-13,15-18,21-22H2,1-2H3,(H,35,41)/t23-,28?,29-,30+/m0/s1. The van der Waals surface area contributed by atoms with Crippen LogP contribution in [0.4, 0.5) is 0 Å². The Hall–Kier alpha value is -2.52. The Balaban J connectivity index is 1.31. The number of thiophene rings is 1. The fourth-order valence-corrected chi connectivity index (χ4v) is 8.16. The molecule has 1 saturated heterocycles. The lowest BCUT2D eigenvalue weighted by Gasteiger charge is -2.42. The third kappa shape index (κ3) is 10.2. The van der Waals surface area contributed by atoms with Gasteiger partial charge in [-0.2, -0.15) is 0 Å². The zero-order chi connectivity index (χ0) is 33.4. The molecule has 3 heterocycles. The monoisotopic (exact) mass is 750 g/mol. The molecule has 3 N–H and O–H groups in total. The first-order valence-corrected chi connectivity index (χ1v) is 20.2. The zero-order valence-corrected chi connectivity index (χ0v) is 30.4. The quantitative estimate of drug-likeness (QED) is 0.262. The van der Waals surface area contributed by atoms with Gasteiger partial charge in [0.1, 0.15) is 12.1 Å². The molecule has 5 rings (SSSR count). The van der Waals surface area contributed by atoms with Gasteiger partial charge in [0, 0.05) is 35.0 Å². The van der Waals surface area contributed by atoms with Gasteiger partial charge in [-0.1, -0.05) is 59.8 Å². The van der Waals surface area contributed by atoms with Gasteiger partial charge < -0.3 is 25.2 Å². The topological polar surface area (TPSA) is 132 Å². The Morgan fingerprint density at radius 2 is 1.94 bits per heavy atom. The van der Waals surface area contributed by atoms with E-state index >= 15 is 0 Å². The molecule has 1 aromatic heterocycles. The van der Waals surface area contributed by atoms with Crippen LogP contribution in [0.25, 0.3) is 0 Å². The maximum atomic E-state index is 14.4. The van der Waals surface area contributed by atoms with Gasteiger partial charge in [-0.05, 0) is 61.7 Å². The van der Waals surface area contributed by atoms with Gasteiger partial charge in [0.05, 0.1) is 31.4 Å². The van der Waals surface area contributed by atoms with Crippen LogP contribution in [-0.2, 0) is 30.9 Å². The van der Waals surface area contributed by atoms with E-state index in [-0.39, 0.29) is 36.5 Å². The number of piperazine rings is 1. The summed E-state index contributed by atoms with van der Waals surface area (Å²) in [6.07, 6.45) is 8.27. The molecule has 1 unspecified atom stereocenters. The minimum Gasteiger partial charge on any atom is -0.455 e. The summed E-state index contributed by atoms with van der Waals surface area (Å²) in [5.74, 6) is -0.294. The highest BCUT2D eigenvalue weighted by molar-refractivity contribution is 9.10. The number of hydrogen-bond donors (Lipinski definition) is 3. The number of nitrogens with one attached hydrogen (secondary N) is 3. The van der Waals surface area contributed by atoms with Gasteiger partial charge in [0.15, 0.2) is 0 Å². The van der Waals surface area contributed by atoms with Crippen LogP contribution in [0.5, 0.6) is 0 Å². The molecule has 3 aliphatic rings.